The van der Waals surface area contributed by atoms with Gasteiger partial charge in [-0.1, -0.05) is 60.7 Å². The van der Waals surface area contributed by atoms with Crippen LogP contribution in [0, 0.1) is 0 Å². The number of ether oxygens (including phenoxy) is 2. The molecule has 0 amide bonds. The van der Waals surface area contributed by atoms with Crippen molar-refractivity contribution in [2.75, 3.05) is 24.9 Å². The number of fused-ring (bicyclic) bond motifs is 1. The quantitative estimate of drug-likeness (QED) is 0.237. The second-order valence-corrected chi connectivity index (χ2v) is 8.52. The Kier molecular flexibility index (Phi) is 6.99. The lowest BCUT2D eigenvalue weighted by atomic mass is 10.0. The maximum Gasteiger partial charge on any atom is 0.127 e. The molecule has 4 aromatic carbocycles. The molecule has 180 valence electrons. The minimum atomic E-state index is 0.622. The molecule has 0 aliphatic carbocycles. The van der Waals surface area contributed by atoms with Crippen molar-refractivity contribution in [1.29, 1.82) is 0 Å². The van der Waals surface area contributed by atoms with E-state index in [4.69, 9.17) is 14.5 Å². The molecule has 5 heteroatoms. The van der Waals surface area contributed by atoms with Gasteiger partial charge in [-0.2, -0.15) is 0 Å². The van der Waals surface area contributed by atoms with Crippen molar-refractivity contribution in [3.8, 4) is 22.6 Å². The van der Waals surface area contributed by atoms with Crippen LogP contribution in [0.5, 0.6) is 11.5 Å². The van der Waals surface area contributed by atoms with Crippen molar-refractivity contribution in [2.45, 2.75) is 13.1 Å². The van der Waals surface area contributed by atoms with Gasteiger partial charge < -0.3 is 20.1 Å². The Labute approximate surface area is 211 Å². The molecule has 36 heavy (non-hydrogen) atoms. The molecule has 5 rings (SSSR count). The van der Waals surface area contributed by atoms with Gasteiger partial charge in [0.25, 0.3) is 0 Å². The molecule has 0 saturated heterocycles. The molecular weight excluding hydrogens is 446 g/mol. The molecule has 0 radical (unpaired) electrons. The summed E-state index contributed by atoms with van der Waals surface area (Å²) in [5.41, 5.74) is 6.50. The zero-order valence-corrected chi connectivity index (χ0v) is 20.5. The molecule has 5 nitrogen and oxygen atoms in total. The third-order valence-corrected chi connectivity index (χ3v) is 6.18. The van der Waals surface area contributed by atoms with Crippen LogP contribution < -0.4 is 20.1 Å². The van der Waals surface area contributed by atoms with E-state index in [0.717, 1.165) is 56.2 Å². The van der Waals surface area contributed by atoms with E-state index >= 15 is 0 Å². The number of hydrogen-bond acceptors (Lipinski definition) is 5. The summed E-state index contributed by atoms with van der Waals surface area (Å²) in [5.74, 6) is 2.54. The van der Waals surface area contributed by atoms with Crippen LogP contribution in [0.3, 0.4) is 0 Å². The molecule has 0 aliphatic rings. The average molecular weight is 476 g/mol. The summed E-state index contributed by atoms with van der Waals surface area (Å²) in [7, 11) is 3.38. The summed E-state index contributed by atoms with van der Waals surface area (Å²) in [6, 6.07) is 35.0. The molecular formula is C31H29N3O2. The number of para-hydroxylation sites is 1. The number of anilines is 2. The number of nitrogens with zero attached hydrogens (tertiary/aromatic N) is 1. The first-order chi connectivity index (χ1) is 17.7. The van der Waals surface area contributed by atoms with E-state index in [2.05, 4.69) is 71.3 Å². The summed E-state index contributed by atoms with van der Waals surface area (Å²) in [6.07, 6.45) is 0. The maximum atomic E-state index is 5.50. The van der Waals surface area contributed by atoms with Crippen molar-refractivity contribution in [3.63, 3.8) is 0 Å². The van der Waals surface area contributed by atoms with Crippen LogP contribution in [-0.2, 0) is 13.1 Å². The lowest BCUT2D eigenvalue weighted by Crippen LogP contribution is -2.04. The van der Waals surface area contributed by atoms with Gasteiger partial charge >= 0.3 is 0 Å². The maximum absolute atomic E-state index is 5.50. The van der Waals surface area contributed by atoms with Crippen LogP contribution in [0.25, 0.3) is 22.0 Å². The smallest absolute Gasteiger partial charge is 0.127 e. The Morgan fingerprint density at radius 2 is 1.53 bits per heavy atom. The van der Waals surface area contributed by atoms with Gasteiger partial charge in [-0.3, -0.25) is 0 Å². The fraction of sp³-hybridized carbons (Fsp3) is 0.129. The first-order valence-corrected chi connectivity index (χ1v) is 12.0. The van der Waals surface area contributed by atoms with Crippen molar-refractivity contribution >= 4 is 22.4 Å². The third kappa shape index (κ3) is 5.26. The molecule has 0 fully saturated rings. The second-order valence-electron chi connectivity index (χ2n) is 8.52. The van der Waals surface area contributed by atoms with E-state index in [9.17, 15) is 0 Å². The van der Waals surface area contributed by atoms with Crippen molar-refractivity contribution in [2.24, 2.45) is 0 Å². The molecule has 0 spiro atoms. The van der Waals surface area contributed by atoms with E-state index < -0.39 is 0 Å². The van der Waals surface area contributed by atoms with E-state index in [-0.39, 0.29) is 0 Å². The fourth-order valence-corrected chi connectivity index (χ4v) is 4.30. The molecule has 0 unspecified atom stereocenters. The fourth-order valence-electron chi connectivity index (χ4n) is 4.30. The first-order valence-electron chi connectivity index (χ1n) is 12.0. The average Bonchev–Trinajstić information content (AvgIpc) is 2.95. The highest BCUT2D eigenvalue weighted by Gasteiger charge is 2.10. The lowest BCUT2D eigenvalue weighted by molar-refractivity contribution is 0.410. The van der Waals surface area contributed by atoms with Crippen LogP contribution in [0.15, 0.2) is 103 Å². The van der Waals surface area contributed by atoms with Crippen molar-refractivity contribution in [1.82, 2.24) is 4.98 Å². The summed E-state index contributed by atoms with van der Waals surface area (Å²) in [6.45, 7) is 1.33. The zero-order chi connectivity index (χ0) is 24.7. The summed E-state index contributed by atoms with van der Waals surface area (Å²) < 4.78 is 10.9. The third-order valence-electron chi connectivity index (χ3n) is 6.18. The molecule has 5 aromatic rings. The van der Waals surface area contributed by atoms with Gasteiger partial charge in [-0.25, -0.2) is 4.98 Å². The Balaban J connectivity index is 1.45. The van der Waals surface area contributed by atoms with Gasteiger partial charge in [0.2, 0.25) is 0 Å². The Morgan fingerprint density at radius 1 is 0.694 bits per heavy atom. The molecule has 0 saturated carbocycles. The molecule has 1 heterocycles. The molecule has 1 aromatic heterocycles. The topological polar surface area (TPSA) is 55.4 Å². The lowest BCUT2D eigenvalue weighted by Gasteiger charge is -2.15. The highest BCUT2D eigenvalue weighted by Crippen LogP contribution is 2.32. The van der Waals surface area contributed by atoms with E-state index in [1.165, 1.54) is 0 Å². The second kappa shape index (κ2) is 10.8. The van der Waals surface area contributed by atoms with Gasteiger partial charge in [0.05, 0.1) is 19.7 Å². The SMILES string of the molecule is COc1cccc(CNc2ccc3nc(NCc4ccccc4OC)cc(-c4ccccc4)c3c2)c1. The van der Waals surface area contributed by atoms with Crippen LogP contribution in [0.4, 0.5) is 11.5 Å². The Morgan fingerprint density at radius 3 is 2.36 bits per heavy atom. The predicted octanol–water partition coefficient (Wildman–Crippen LogP) is 7.14. The van der Waals surface area contributed by atoms with E-state index in [1.54, 1.807) is 14.2 Å². The van der Waals surface area contributed by atoms with E-state index in [0.29, 0.717) is 13.1 Å². The van der Waals surface area contributed by atoms with Gasteiger partial charge in [0, 0.05) is 29.7 Å². The Bertz CT molecular complexity index is 1470. The highest BCUT2D eigenvalue weighted by molar-refractivity contribution is 5.97. The summed E-state index contributed by atoms with van der Waals surface area (Å²) in [5, 5.41) is 8.13. The monoisotopic (exact) mass is 475 g/mol. The van der Waals surface area contributed by atoms with Gasteiger partial charge in [0.15, 0.2) is 0 Å². The van der Waals surface area contributed by atoms with Crippen LogP contribution in [-0.4, -0.2) is 19.2 Å². The van der Waals surface area contributed by atoms with E-state index in [1.807, 2.05) is 42.5 Å². The summed E-state index contributed by atoms with van der Waals surface area (Å²) in [4.78, 5) is 4.92. The number of aromatic nitrogens is 1. The zero-order valence-electron chi connectivity index (χ0n) is 20.5. The number of benzene rings is 4. The number of pyridine rings is 1. The summed E-state index contributed by atoms with van der Waals surface area (Å²) >= 11 is 0. The molecule has 0 bridgehead atoms. The first kappa shape index (κ1) is 23.2. The molecule has 0 aliphatic heterocycles. The predicted molar refractivity (Wildman–Crippen MR) is 148 cm³/mol. The normalized spacial score (nSPS) is 10.7. The van der Waals surface area contributed by atoms with Crippen LogP contribution in [0.1, 0.15) is 11.1 Å². The van der Waals surface area contributed by atoms with Crippen molar-refractivity contribution < 1.29 is 9.47 Å². The number of nitrogens with one attached hydrogen (secondary N) is 2. The van der Waals surface area contributed by atoms with Crippen molar-refractivity contribution in [3.05, 3.63) is 114 Å². The largest absolute Gasteiger partial charge is 0.497 e. The van der Waals surface area contributed by atoms with Gasteiger partial charge in [-0.15, -0.1) is 0 Å². The number of methoxy groups -OCH3 is 2. The standard InChI is InChI=1S/C31H29N3O2/c1-35-26-13-8-9-22(17-26)20-32-25-15-16-29-28(18-25)27(23-10-4-3-5-11-23)19-31(34-29)33-21-24-12-6-7-14-30(24)36-2/h3-19,32H,20-21H2,1-2H3,(H,33,34). The highest BCUT2D eigenvalue weighted by atomic mass is 16.5. The molecule has 0 atom stereocenters. The Hall–Kier alpha value is -4.51. The number of rotatable bonds is 9. The van der Waals surface area contributed by atoms with Crippen LogP contribution >= 0.6 is 0 Å². The minimum absolute atomic E-state index is 0.622. The minimum Gasteiger partial charge on any atom is -0.497 e. The van der Waals surface area contributed by atoms with Crippen LogP contribution in [0.2, 0.25) is 0 Å². The molecule has 2 N–H and O–H groups in total. The van der Waals surface area contributed by atoms with Gasteiger partial charge in [-0.05, 0) is 59.2 Å². The number of hydrogen-bond donors (Lipinski definition) is 2. The van der Waals surface area contributed by atoms with Gasteiger partial charge in [0.1, 0.15) is 17.3 Å².